The quantitative estimate of drug-likeness (QED) is 0.641. The molecule has 3 rings (SSSR count). The highest BCUT2D eigenvalue weighted by Crippen LogP contribution is 2.37. The summed E-state index contributed by atoms with van der Waals surface area (Å²) in [5, 5.41) is 0.930. The summed E-state index contributed by atoms with van der Waals surface area (Å²) in [5.74, 6) is 3.24. The molecule has 0 atom stereocenters. The summed E-state index contributed by atoms with van der Waals surface area (Å²) in [5.41, 5.74) is 1.95. The number of terminal acetylenes is 1. The van der Waals surface area contributed by atoms with E-state index in [1.54, 1.807) is 11.3 Å². The molecule has 4 heteroatoms. The molecule has 2 nitrogen and oxygen atoms in total. The fourth-order valence-electron chi connectivity index (χ4n) is 1.90. The summed E-state index contributed by atoms with van der Waals surface area (Å²) in [7, 11) is 0. The predicted molar refractivity (Wildman–Crippen MR) is 87.1 cm³/mol. The fraction of sp³-hybridized carbons (Fsp3) is 0.0625. The van der Waals surface area contributed by atoms with Crippen LogP contribution < -0.4 is 4.74 Å². The number of nitrogens with zero attached hydrogens (tertiary/aromatic N) is 1. The Labute approximate surface area is 129 Å². The van der Waals surface area contributed by atoms with Crippen molar-refractivity contribution in [2.75, 3.05) is 6.61 Å². The Morgan fingerprint density at radius 2 is 2.10 bits per heavy atom. The molecule has 0 fully saturated rings. The summed E-state index contributed by atoms with van der Waals surface area (Å²) in [4.78, 5) is 4.66. The van der Waals surface area contributed by atoms with E-state index in [4.69, 9.17) is 11.2 Å². The van der Waals surface area contributed by atoms with E-state index in [1.165, 1.54) is 0 Å². The van der Waals surface area contributed by atoms with Crippen molar-refractivity contribution in [2.45, 2.75) is 0 Å². The zero-order valence-corrected chi connectivity index (χ0v) is 12.9. The summed E-state index contributed by atoms with van der Waals surface area (Å²) < 4.78 is 7.75. The van der Waals surface area contributed by atoms with Gasteiger partial charge in [-0.1, -0.05) is 34.0 Å². The van der Waals surface area contributed by atoms with E-state index in [-0.39, 0.29) is 6.61 Å². The van der Waals surface area contributed by atoms with Gasteiger partial charge in [0.1, 0.15) is 17.4 Å². The van der Waals surface area contributed by atoms with E-state index in [0.717, 1.165) is 31.0 Å². The third-order valence-corrected chi connectivity index (χ3v) is 4.34. The average molecular weight is 344 g/mol. The number of hydrogen-bond acceptors (Lipinski definition) is 3. The smallest absolute Gasteiger partial charge is 0.148 e. The molecule has 1 heterocycles. The van der Waals surface area contributed by atoms with Crippen LogP contribution in [0, 0.1) is 12.3 Å². The number of thiazole rings is 1. The Bertz CT molecular complexity index is 771. The van der Waals surface area contributed by atoms with Crippen molar-refractivity contribution in [3.8, 4) is 28.7 Å². The molecule has 0 amide bonds. The molecule has 0 saturated carbocycles. The molecule has 0 bridgehead atoms. The van der Waals surface area contributed by atoms with E-state index >= 15 is 0 Å². The van der Waals surface area contributed by atoms with Crippen LogP contribution in [0.1, 0.15) is 0 Å². The predicted octanol–water partition coefficient (Wildman–Crippen LogP) is 4.74. The number of benzene rings is 2. The first-order chi connectivity index (χ1) is 9.78. The third kappa shape index (κ3) is 2.55. The highest BCUT2D eigenvalue weighted by atomic mass is 79.9. The van der Waals surface area contributed by atoms with Crippen molar-refractivity contribution in [2.24, 2.45) is 0 Å². The van der Waals surface area contributed by atoms with Crippen LogP contribution in [0.2, 0.25) is 0 Å². The number of halogens is 1. The second kappa shape index (κ2) is 5.66. The molecule has 1 aromatic heterocycles. The first-order valence-corrected chi connectivity index (χ1v) is 7.60. The molecule has 0 aliphatic carbocycles. The normalized spacial score (nSPS) is 10.4. The maximum atomic E-state index is 5.60. The lowest BCUT2D eigenvalue weighted by molar-refractivity contribution is 0.372. The largest absolute Gasteiger partial charge is 0.480 e. The lowest BCUT2D eigenvalue weighted by atomic mass is 10.2. The van der Waals surface area contributed by atoms with Gasteiger partial charge in [0.05, 0.1) is 15.8 Å². The van der Waals surface area contributed by atoms with E-state index in [2.05, 4.69) is 32.9 Å². The van der Waals surface area contributed by atoms with Crippen molar-refractivity contribution in [1.29, 1.82) is 0 Å². The van der Waals surface area contributed by atoms with Gasteiger partial charge >= 0.3 is 0 Å². The maximum absolute atomic E-state index is 5.60. The summed E-state index contributed by atoms with van der Waals surface area (Å²) in [6.45, 7) is 0.250. The molecular formula is C16H10BrNOS. The lowest BCUT2D eigenvalue weighted by Gasteiger charge is -2.07. The van der Waals surface area contributed by atoms with E-state index in [0.29, 0.717) is 0 Å². The SMILES string of the molecule is C#CCOc1ccc(Br)cc1-c1nc2ccccc2s1. The van der Waals surface area contributed by atoms with E-state index in [1.807, 2.05) is 36.4 Å². The Morgan fingerprint density at radius 1 is 1.25 bits per heavy atom. The van der Waals surface area contributed by atoms with Crippen LogP contribution in [-0.4, -0.2) is 11.6 Å². The van der Waals surface area contributed by atoms with Crippen LogP contribution >= 0.6 is 27.3 Å². The first-order valence-electron chi connectivity index (χ1n) is 5.99. The van der Waals surface area contributed by atoms with Crippen molar-refractivity contribution in [1.82, 2.24) is 4.98 Å². The number of ether oxygens (including phenoxy) is 1. The summed E-state index contributed by atoms with van der Waals surface area (Å²) in [6.07, 6.45) is 5.26. The Kier molecular flexibility index (Phi) is 3.72. The number of rotatable bonds is 3. The average Bonchev–Trinajstić information content (AvgIpc) is 2.89. The van der Waals surface area contributed by atoms with Gasteiger partial charge in [-0.05, 0) is 30.3 Å². The molecule has 20 heavy (non-hydrogen) atoms. The van der Waals surface area contributed by atoms with Crippen LogP contribution in [0.5, 0.6) is 5.75 Å². The van der Waals surface area contributed by atoms with Gasteiger partial charge in [0.2, 0.25) is 0 Å². The Balaban J connectivity index is 2.12. The van der Waals surface area contributed by atoms with Gasteiger partial charge in [-0.15, -0.1) is 17.8 Å². The van der Waals surface area contributed by atoms with Gasteiger partial charge in [-0.2, -0.15) is 0 Å². The van der Waals surface area contributed by atoms with Gasteiger partial charge in [-0.3, -0.25) is 0 Å². The number of para-hydroxylation sites is 1. The van der Waals surface area contributed by atoms with Crippen LogP contribution in [0.4, 0.5) is 0 Å². The summed E-state index contributed by atoms with van der Waals surface area (Å²) >= 11 is 5.13. The number of aromatic nitrogens is 1. The van der Waals surface area contributed by atoms with Gasteiger partial charge < -0.3 is 4.74 Å². The molecule has 0 radical (unpaired) electrons. The zero-order chi connectivity index (χ0) is 13.9. The molecular weight excluding hydrogens is 334 g/mol. The highest BCUT2D eigenvalue weighted by molar-refractivity contribution is 9.10. The molecule has 3 aromatic rings. The zero-order valence-electron chi connectivity index (χ0n) is 10.5. The number of hydrogen-bond donors (Lipinski definition) is 0. The number of fused-ring (bicyclic) bond motifs is 1. The molecule has 0 unspecified atom stereocenters. The standard InChI is InChI=1S/C16H10BrNOS/c1-2-9-19-14-8-7-11(17)10-12(14)16-18-13-5-3-4-6-15(13)20-16/h1,3-8,10H,9H2. The van der Waals surface area contributed by atoms with E-state index in [9.17, 15) is 0 Å². The van der Waals surface area contributed by atoms with Gasteiger partial charge in [0.25, 0.3) is 0 Å². The van der Waals surface area contributed by atoms with Crippen LogP contribution in [-0.2, 0) is 0 Å². The second-order valence-corrected chi connectivity index (χ2v) is 6.07. The minimum atomic E-state index is 0.250. The highest BCUT2D eigenvalue weighted by Gasteiger charge is 2.12. The van der Waals surface area contributed by atoms with Crippen molar-refractivity contribution >= 4 is 37.5 Å². The maximum Gasteiger partial charge on any atom is 0.148 e. The minimum Gasteiger partial charge on any atom is -0.480 e. The van der Waals surface area contributed by atoms with Crippen LogP contribution in [0.25, 0.3) is 20.8 Å². The summed E-state index contributed by atoms with van der Waals surface area (Å²) in [6, 6.07) is 13.9. The fourth-order valence-corrected chi connectivity index (χ4v) is 3.25. The van der Waals surface area contributed by atoms with Gasteiger partial charge in [0.15, 0.2) is 0 Å². The molecule has 0 spiro atoms. The van der Waals surface area contributed by atoms with E-state index < -0.39 is 0 Å². The lowest BCUT2D eigenvalue weighted by Crippen LogP contribution is -1.95. The van der Waals surface area contributed by atoms with Crippen molar-refractivity contribution in [3.05, 3.63) is 46.9 Å². The van der Waals surface area contributed by atoms with Gasteiger partial charge in [0, 0.05) is 4.47 Å². The molecule has 0 saturated heterocycles. The third-order valence-electron chi connectivity index (χ3n) is 2.78. The first kappa shape index (κ1) is 13.2. The van der Waals surface area contributed by atoms with Crippen LogP contribution in [0.15, 0.2) is 46.9 Å². The Hall–Kier alpha value is -1.83. The van der Waals surface area contributed by atoms with Gasteiger partial charge in [-0.25, -0.2) is 4.98 Å². The molecule has 0 aliphatic heterocycles. The molecule has 98 valence electrons. The molecule has 2 aromatic carbocycles. The molecule has 0 aliphatic rings. The topological polar surface area (TPSA) is 22.1 Å². The molecule has 0 N–H and O–H groups in total. The second-order valence-electron chi connectivity index (χ2n) is 4.12. The van der Waals surface area contributed by atoms with Crippen molar-refractivity contribution in [3.63, 3.8) is 0 Å². The van der Waals surface area contributed by atoms with Crippen molar-refractivity contribution < 1.29 is 4.74 Å². The monoisotopic (exact) mass is 343 g/mol. The Morgan fingerprint density at radius 3 is 2.90 bits per heavy atom. The van der Waals surface area contributed by atoms with Crippen LogP contribution in [0.3, 0.4) is 0 Å². The minimum absolute atomic E-state index is 0.250.